The maximum atomic E-state index is 11.5. The van der Waals surface area contributed by atoms with Crippen LogP contribution in [-0.2, 0) is 11.2 Å². The van der Waals surface area contributed by atoms with E-state index in [1.54, 1.807) is 6.92 Å². The Morgan fingerprint density at radius 3 is 2.54 bits per heavy atom. The molecule has 37 heavy (non-hydrogen) atoms. The number of hydrogen-bond acceptors (Lipinski definition) is 11. The summed E-state index contributed by atoms with van der Waals surface area (Å²) < 4.78 is 5.49. The molecule has 3 N–H and O–H groups in total. The summed E-state index contributed by atoms with van der Waals surface area (Å²) >= 11 is 1.10. The van der Waals surface area contributed by atoms with Crippen molar-refractivity contribution in [3.8, 4) is 0 Å². The predicted molar refractivity (Wildman–Crippen MR) is 144 cm³/mol. The van der Waals surface area contributed by atoms with Gasteiger partial charge in [0.1, 0.15) is 16.5 Å². The number of nitrogens with zero attached hydrogens (tertiary/aromatic N) is 6. The number of aryl methyl sites for hydroxylation is 1. The Bertz CT molecular complexity index is 1080. The Morgan fingerprint density at radius 2 is 1.81 bits per heavy atom. The van der Waals surface area contributed by atoms with Gasteiger partial charge in [0.25, 0.3) is 0 Å². The molecule has 0 amide bonds. The molecule has 2 aromatic heterocycles. The van der Waals surface area contributed by atoms with E-state index in [2.05, 4.69) is 25.0 Å². The molecule has 0 spiro atoms. The summed E-state index contributed by atoms with van der Waals surface area (Å²) in [7, 11) is 0. The first kappa shape index (κ1) is 26.1. The highest BCUT2D eigenvalue weighted by Crippen LogP contribution is 2.35. The lowest BCUT2D eigenvalue weighted by Crippen LogP contribution is -2.39. The number of anilines is 4. The van der Waals surface area contributed by atoms with Crippen molar-refractivity contribution in [1.82, 2.24) is 19.9 Å². The summed E-state index contributed by atoms with van der Waals surface area (Å²) in [6.45, 7) is 9.70. The second kappa shape index (κ2) is 11.9. The minimum atomic E-state index is -0.982. The molecule has 5 heterocycles. The molecule has 0 radical (unpaired) electrons. The van der Waals surface area contributed by atoms with E-state index in [0.717, 1.165) is 121 Å². The number of carbonyl (C=O) groups is 1. The highest BCUT2D eigenvalue weighted by atomic mass is 32.1. The topological polar surface area (TPSA) is 127 Å². The maximum absolute atomic E-state index is 11.5. The van der Waals surface area contributed by atoms with Gasteiger partial charge < -0.3 is 24.7 Å². The first-order valence-corrected chi connectivity index (χ1v) is 14.2. The molecule has 2 aromatic rings. The number of morpholine rings is 1. The van der Waals surface area contributed by atoms with Crippen LogP contribution in [-0.4, -0.2) is 101 Å². The fourth-order valence-electron chi connectivity index (χ4n) is 5.32. The van der Waals surface area contributed by atoms with E-state index in [-0.39, 0.29) is 11.0 Å². The van der Waals surface area contributed by atoms with Gasteiger partial charge in [-0.15, -0.1) is 0 Å². The Hall–Kier alpha value is -2.54. The lowest BCUT2D eigenvalue weighted by Gasteiger charge is -2.33. The van der Waals surface area contributed by atoms with Gasteiger partial charge in [-0.1, -0.05) is 11.3 Å². The van der Waals surface area contributed by atoms with Crippen LogP contribution in [0.2, 0.25) is 0 Å². The van der Waals surface area contributed by atoms with Crippen LogP contribution in [0.25, 0.3) is 0 Å². The van der Waals surface area contributed by atoms with Crippen LogP contribution >= 0.6 is 11.3 Å². The molecular weight excluding hydrogens is 494 g/mol. The summed E-state index contributed by atoms with van der Waals surface area (Å²) in [4.78, 5) is 33.2. The number of ether oxygens (including phenoxy) is 1. The van der Waals surface area contributed by atoms with Gasteiger partial charge in [0.05, 0.1) is 25.0 Å². The first-order chi connectivity index (χ1) is 18.0. The number of nitrogens with one attached hydrogen (secondary N) is 1. The number of aromatic carboxylic acids is 1. The van der Waals surface area contributed by atoms with Gasteiger partial charge in [-0.2, -0.15) is 9.97 Å². The first-order valence-electron chi connectivity index (χ1n) is 13.3. The monoisotopic (exact) mass is 531 g/mol. The number of carboxylic acids is 1. The second-order valence-electron chi connectivity index (χ2n) is 10.0. The van der Waals surface area contributed by atoms with Crippen LogP contribution in [0.1, 0.15) is 53.0 Å². The third kappa shape index (κ3) is 6.31. The van der Waals surface area contributed by atoms with Gasteiger partial charge in [-0.25, -0.2) is 9.78 Å². The zero-order valence-electron chi connectivity index (χ0n) is 21.5. The number of aliphatic hydroxyl groups excluding tert-OH is 1. The van der Waals surface area contributed by atoms with E-state index in [1.807, 2.05) is 0 Å². The van der Waals surface area contributed by atoms with Crippen molar-refractivity contribution < 1.29 is 19.7 Å². The Labute approximate surface area is 221 Å². The van der Waals surface area contributed by atoms with Gasteiger partial charge in [0, 0.05) is 51.4 Å². The minimum absolute atomic E-state index is 0.215. The van der Waals surface area contributed by atoms with Crippen LogP contribution in [0.5, 0.6) is 0 Å². The summed E-state index contributed by atoms with van der Waals surface area (Å²) in [5, 5.41) is 23.2. The highest BCUT2D eigenvalue weighted by molar-refractivity contribution is 7.17. The number of aromatic nitrogens is 3. The maximum Gasteiger partial charge on any atom is 0.347 e. The number of aliphatic hydroxyl groups is 1. The van der Waals surface area contributed by atoms with E-state index < -0.39 is 5.97 Å². The van der Waals surface area contributed by atoms with Crippen molar-refractivity contribution in [3.63, 3.8) is 0 Å². The molecule has 0 atom stereocenters. The van der Waals surface area contributed by atoms with Gasteiger partial charge >= 0.3 is 5.97 Å². The molecule has 0 saturated carbocycles. The number of rotatable bonds is 8. The van der Waals surface area contributed by atoms with E-state index in [1.165, 1.54) is 5.56 Å². The van der Waals surface area contributed by atoms with E-state index >= 15 is 0 Å². The summed E-state index contributed by atoms with van der Waals surface area (Å²) in [5.74, 6) is 1.34. The fourth-order valence-corrected chi connectivity index (χ4v) is 6.12. The molecule has 0 unspecified atom stereocenters. The molecule has 2 saturated heterocycles. The third-order valence-corrected chi connectivity index (χ3v) is 8.41. The summed E-state index contributed by atoms with van der Waals surface area (Å²) in [6.07, 6.45) is 5.33. The zero-order chi connectivity index (χ0) is 25.8. The number of piperidine rings is 1. The van der Waals surface area contributed by atoms with E-state index in [9.17, 15) is 15.0 Å². The molecule has 5 rings (SSSR count). The SMILES string of the molecule is Cc1nc(Nc2nc3c(c(N4CCC(O)CC4)n2)CCCCN3CCCN2CCOCC2)sc1C(=O)O. The molecule has 0 aromatic carbocycles. The second-order valence-corrected chi connectivity index (χ2v) is 11.0. The number of hydrogen-bond donors (Lipinski definition) is 3. The zero-order valence-corrected chi connectivity index (χ0v) is 22.3. The lowest BCUT2D eigenvalue weighted by atomic mass is 10.1. The molecule has 3 aliphatic rings. The Morgan fingerprint density at radius 1 is 1.05 bits per heavy atom. The molecule has 0 bridgehead atoms. The molecule has 202 valence electrons. The average molecular weight is 532 g/mol. The van der Waals surface area contributed by atoms with Crippen molar-refractivity contribution in [2.75, 3.05) is 74.1 Å². The minimum Gasteiger partial charge on any atom is -0.477 e. The Balaban J connectivity index is 1.43. The number of fused-ring (bicyclic) bond motifs is 1. The van der Waals surface area contributed by atoms with Crippen molar-refractivity contribution in [2.24, 2.45) is 0 Å². The predicted octanol–water partition coefficient (Wildman–Crippen LogP) is 2.51. The quantitative estimate of drug-likeness (QED) is 0.465. The summed E-state index contributed by atoms with van der Waals surface area (Å²) in [6, 6.07) is 0. The van der Waals surface area contributed by atoms with Gasteiger partial charge in [-0.3, -0.25) is 10.2 Å². The number of thiazole rings is 1. The van der Waals surface area contributed by atoms with E-state index in [4.69, 9.17) is 14.7 Å². The lowest BCUT2D eigenvalue weighted by molar-refractivity contribution is 0.0376. The highest BCUT2D eigenvalue weighted by Gasteiger charge is 2.28. The number of carboxylic acid groups (broad SMARTS) is 1. The standard InChI is InChI=1S/C25H37N7O4S/c1-17-20(23(34)35)37-25(26-17)29-24-27-21-19(22(28-24)32-11-6-18(33)7-12-32)5-2-3-9-31(21)10-4-8-30-13-15-36-16-14-30/h18,33H,2-16H2,1H3,(H,34,35)(H,26,27,28,29). The van der Waals surface area contributed by atoms with Crippen molar-refractivity contribution >= 4 is 40.0 Å². The van der Waals surface area contributed by atoms with Crippen LogP contribution in [0, 0.1) is 6.92 Å². The van der Waals surface area contributed by atoms with Crippen LogP contribution in [0.4, 0.5) is 22.7 Å². The van der Waals surface area contributed by atoms with Gasteiger partial charge in [-0.05, 0) is 45.4 Å². The fraction of sp³-hybridized carbons (Fsp3) is 0.680. The normalized spacial score (nSPS) is 19.5. The van der Waals surface area contributed by atoms with Crippen molar-refractivity contribution in [3.05, 3.63) is 16.1 Å². The molecule has 3 aliphatic heterocycles. The molecule has 2 fully saturated rings. The van der Waals surface area contributed by atoms with Crippen molar-refractivity contribution in [1.29, 1.82) is 0 Å². The van der Waals surface area contributed by atoms with Crippen molar-refractivity contribution in [2.45, 2.75) is 51.6 Å². The third-order valence-electron chi connectivity index (χ3n) is 7.35. The largest absolute Gasteiger partial charge is 0.477 e. The van der Waals surface area contributed by atoms with Crippen LogP contribution in [0.15, 0.2) is 0 Å². The van der Waals surface area contributed by atoms with Crippen LogP contribution in [0.3, 0.4) is 0 Å². The van der Waals surface area contributed by atoms with E-state index in [0.29, 0.717) is 16.8 Å². The molecular formula is C25H37N7O4S. The van der Waals surface area contributed by atoms with Gasteiger partial charge in [0.2, 0.25) is 5.95 Å². The molecule has 11 nitrogen and oxygen atoms in total. The summed E-state index contributed by atoms with van der Waals surface area (Å²) in [5.41, 5.74) is 1.65. The Kier molecular flexibility index (Phi) is 8.38. The molecule has 12 heteroatoms. The smallest absolute Gasteiger partial charge is 0.347 e. The van der Waals surface area contributed by atoms with Gasteiger partial charge in [0.15, 0.2) is 5.13 Å². The molecule has 0 aliphatic carbocycles. The van der Waals surface area contributed by atoms with Crippen LogP contribution < -0.4 is 15.1 Å². The average Bonchev–Trinajstić information content (AvgIpc) is 3.14.